The highest BCUT2D eigenvalue weighted by atomic mass is 16.5. The second-order valence-corrected chi connectivity index (χ2v) is 10.6. The minimum Gasteiger partial charge on any atom is -0.490 e. The molecule has 0 spiro atoms. The van der Waals surface area contributed by atoms with Crippen molar-refractivity contribution in [1.29, 1.82) is 5.26 Å². The average molecular weight is 580 g/mol. The Morgan fingerprint density at radius 1 is 1.16 bits per heavy atom. The van der Waals surface area contributed by atoms with Crippen LogP contribution in [-0.2, 0) is 6.42 Å². The number of hydrogen-bond acceptors (Lipinski definition) is 7. The molecule has 3 heterocycles. The van der Waals surface area contributed by atoms with Gasteiger partial charge in [0.15, 0.2) is 0 Å². The fourth-order valence-electron chi connectivity index (χ4n) is 5.08. The van der Waals surface area contributed by atoms with E-state index in [0.29, 0.717) is 29.7 Å². The summed E-state index contributed by atoms with van der Waals surface area (Å²) in [6.07, 6.45) is 4.80. The number of nitriles is 1. The van der Waals surface area contributed by atoms with Crippen LogP contribution in [0, 0.1) is 25.2 Å². The summed E-state index contributed by atoms with van der Waals surface area (Å²) in [6.45, 7) is 7.51. The van der Waals surface area contributed by atoms with E-state index >= 15 is 0 Å². The summed E-state index contributed by atoms with van der Waals surface area (Å²) in [5.41, 5.74) is 7.02. The highest BCUT2D eigenvalue weighted by Crippen LogP contribution is 2.31. The Labute approximate surface area is 251 Å². The van der Waals surface area contributed by atoms with Crippen LogP contribution >= 0.6 is 0 Å². The number of aliphatic hydroxyl groups excluding tert-OH is 1. The molecule has 0 fully saturated rings. The van der Waals surface area contributed by atoms with Crippen LogP contribution in [0.25, 0.3) is 28.0 Å². The first-order chi connectivity index (χ1) is 20.3. The molecule has 5 aromatic rings. The number of aryl methyl sites for hydroxylation is 2. The van der Waals surface area contributed by atoms with Crippen LogP contribution in [0.2, 0.25) is 0 Å². The van der Waals surface area contributed by atoms with Crippen LogP contribution in [0.1, 0.15) is 60.6 Å². The van der Waals surface area contributed by atoms with Gasteiger partial charge in [-0.25, -0.2) is 4.98 Å². The summed E-state index contributed by atoms with van der Waals surface area (Å²) < 4.78 is 13.0. The summed E-state index contributed by atoms with van der Waals surface area (Å²) in [5, 5.41) is 26.3. The molecule has 0 aliphatic heterocycles. The van der Waals surface area contributed by atoms with Gasteiger partial charge in [0.05, 0.1) is 28.6 Å². The largest absolute Gasteiger partial charge is 0.490 e. The van der Waals surface area contributed by atoms with Crippen LogP contribution in [-0.4, -0.2) is 44.3 Å². The predicted octanol–water partition coefficient (Wildman–Crippen LogP) is 6.29. The monoisotopic (exact) mass is 579 g/mol. The Bertz CT molecular complexity index is 1740. The van der Waals surface area contributed by atoms with E-state index in [1.54, 1.807) is 12.1 Å². The van der Waals surface area contributed by atoms with E-state index in [4.69, 9.17) is 14.2 Å². The number of rotatable bonds is 10. The Kier molecular flexibility index (Phi) is 9.63. The number of nitrogens with one attached hydrogen (secondary N) is 1. The maximum Gasteiger partial charge on any atom is 0.251 e. The Hall–Kier alpha value is -4.94. The molecule has 43 heavy (non-hydrogen) atoms. The molecule has 2 aromatic carbocycles. The first-order valence-corrected chi connectivity index (χ1v) is 13.9. The van der Waals surface area contributed by atoms with Crippen molar-refractivity contribution < 1.29 is 19.2 Å². The summed E-state index contributed by atoms with van der Waals surface area (Å²) >= 11 is 0. The van der Waals surface area contributed by atoms with Gasteiger partial charge < -0.3 is 24.1 Å². The van der Waals surface area contributed by atoms with Gasteiger partial charge in [0.25, 0.3) is 5.91 Å². The standard InChI is InChI=1S/C33H33N5O4.CH4/c1-20(2)41-30-12-11-25(17-26(30)18-34)33(40)35-27(13-15-39)16-23-7-9-24(10-8-23)29-19-38-14-5-6-28(32(38)36-29)31-21(3)37-42-22(31)4;/h5-12,14,17,19-20,27,39H,13,15-16H2,1-4H3,(H,35,40);1H4/t27-;/m1./s1. The Morgan fingerprint density at radius 2 is 1.93 bits per heavy atom. The van der Waals surface area contributed by atoms with Gasteiger partial charge in [0, 0.05) is 41.7 Å². The topological polar surface area (TPSA) is 126 Å². The van der Waals surface area contributed by atoms with Crippen molar-refractivity contribution in [2.75, 3.05) is 6.61 Å². The molecule has 2 N–H and O–H groups in total. The van der Waals surface area contributed by atoms with Gasteiger partial charge in [-0.15, -0.1) is 0 Å². The quantitative estimate of drug-likeness (QED) is 0.199. The molecule has 0 radical (unpaired) electrons. The molecule has 0 aliphatic carbocycles. The van der Waals surface area contributed by atoms with Crippen LogP contribution in [0.4, 0.5) is 0 Å². The van der Waals surface area contributed by atoms with Crippen molar-refractivity contribution >= 4 is 11.6 Å². The zero-order valence-electron chi connectivity index (χ0n) is 24.1. The normalized spacial score (nSPS) is 11.7. The highest BCUT2D eigenvalue weighted by molar-refractivity contribution is 5.95. The van der Waals surface area contributed by atoms with Crippen LogP contribution in [0.15, 0.2) is 71.5 Å². The van der Waals surface area contributed by atoms with Gasteiger partial charge >= 0.3 is 0 Å². The van der Waals surface area contributed by atoms with Crippen molar-refractivity contribution in [3.8, 4) is 34.2 Å². The van der Waals surface area contributed by atoms with Crippen molar-refractivity contribution in [3.05, 3.63) is 95.1 Å². The number of carbonyl (C=O) groups is 1. The lowest BCUT2D eigenvalue weighted by molar-refractivity contribution is 0.0930. The van der Waals surface area contributed by atoms with Gasteiger partial charge in [-0.05, 0) is 76.4 Å². The summed E-state index contributed by atoms with van der Waals surface area (Å²) in [6, 6.07) is 18.7. The fraction of sp³-hybridized carbons (Fsp3) is 0.294. The number of fused-ring (bicyclic) bond motifs is 1. The van der Waals surface area contributed by atoms with Crippen LogP contribution in [0.5, 0.6) is 5.75 Å². The van der Waals surface area contributed by atoms with E-state index in [2.05, 4.69) is 16.5 Å². The van der Waals surface area contributed by atoms with E-state index in [9.17, 15) is 15.2 Å². The fourth-order valence-corrected chi connectivity index (χ4v) is 5.08. The molecular formula is C34H37N5O4. The van der Waals surface area contributed by atoms with E-state index in [1.807, 2.05) is 80.9 Å². The Morgan fingerprint density at radius 3 is 2.58 bits per heavy atom. The molecule has 9 nitrogen and oxygen atoms in total. The van der Waals surface area contributed by atoms with E-state index < -0.39 is 0 Å². The van der Waals surface area contributed by atoms with Gasteiger partial charge in [-0.3, -0.25) is 4.79 Å². The molecule has 0 bridgehead atoms. The number of benzene rings is 2. The molecule has 9 heteroatoms. The first-order valence-electron chi connectivity index (χ1n) is 13.9. The van der Waals surface area contributed by atoms with Gasteiger partial charge in [-0.1, -0.05) is 36.8 Å². The lowest BCUT2D eigenvalue weighted by atomic mass is 10.0. The van der Waals surface area contributed by atoms with E-state index in [-0.39, 0.29) is 32.1 Å². The zero-order chi connectivity index (χ0) is 29.8. The maximum absolute atomic E-state index is 13.0. The number of nitrogens with zero attached hydrogens (tertiary/aromatic N) is 4. The first kappa shape index (κ1) is 31.0. The zero-order valence-corrected chi connectivity index (χ0v) is 24.1. The van der Waals surface area contributed by atoms with Crippen molar-refractivity contribution in [1.82, 2.24) is 19.9 Å². The Balaban J connectivity index is 0.00000423. The summed E-state index contributed by atoms with van der Waals surface area (Å²) in [4.78, 5) is 18.0. The molecule has 5 rings (SSSR count). The van der Waals surface area contributed by atoms with Crippen LogP contribution in [0.3, 0.4) is 0 Å². The molecule has 3 aromatic heterocycles. The van der Waals surface area contributed by atoms with Gasteiger partial charge in [-0.2, -0.15) is 5.26 Å². The minimum atomic E-state index is -0.309. The number of pyridine rings is 1. The number of hydrogen-bond donors (Lipinski definition) is 2. The third-order valence-corrected chi connectivity index (χ3v) is 7.05. The summed E-state index contributed by atoms with van der Waals surface area (Å²) in [7, 11) is 0. The molecule has 0 saturated heterocycles. The van der Waals surface area contributed by atoms with Gasteiger partial charge in [0.1, 0.15) is 23.2 Å². The van der Waals surface area contributed by atoms with Crippen molar-refractivity contribution in [3.63, 3.8) is 0 Å². The number of ether oxygens (including phenoxy) is 1. The third kappa shape index (κ3) is 6.76. The van der Waals surface area contributed by atoms with Gasteiger partial charge in [0.2, 0.25) is 0 Å². The number of amides is 1. The second kappa shape index (κ2) is 13.4. The molecule has 0 saturated carbocycles. The lowest BCUT2D eigenvalue weighted by Crippen LogP contribution is -2.37. The molecule has 0 unspecified atom stereocenters. The number of imidazole rings is 1. The van der Waals surface area contributed by atoms with Crippen molar-refractivity contribution in [2.24, 2.45) is 0 Å². The minimum absolute atomic E-state index is 0. The number of aromatic nitrogens is 3. The number of aliphatic hydroxyl groups is 1. The lowest BCUT2D eigenvalue weighted by Gasteiger charge is -2.19. The van der Waals surface area contributed by atoms with E-state index in [0.717, 1.165) is 45.0 Å². The average Bonchev–Trinajstić information content (AvgIpc) is 3.56. The number of carbonyl (C=O) groups excluding carboxylic acids is 1. The third-order valence-electron chi connectivity index (χ3n) is 7.05. The highest BCUT2D eigenvalue weighted by Gasteiger charge is 2.18. The maximum atomic E-state index is 13.0. The molecule has 1 amide bonds. The predicted molar refractivity (Wildman–Crippen MR) is 166 cm³/mol. The van der Waals surface area contributed by atoms with Crippen LogP contribution < -0.4 is 10.1 Å². The second-order valence-electron chi connectivity index (χ2n) is 10.6. The van der Waals surface area contributed by atoms with Crippen molar-refractivity contribution in [2.45, 2.75) is 60.1 Å². The molecule has 222 valence electrons. The summed E-state index contributed by atoms with van der Waals surface area (Å²) in [5.74, 6) is 0.889. The SMILES string of the molecule is C.Cc1noc(C)c1-c1cccn2cc(-c3ccc(C[C@@H](CCO)NC(=O)c4ccc(OC(C)C)c(C#N)c4)cc3)nc12. The molecule has 0 aliphatic rings. The molecular weight excluding hydrogens is 542 g/mol. The molecule has 1 atom stereocenters. The van der Waals surface area contributed by atoms with E-state index in [1.165, 1.54) is 6.07 Å². The smallest absolute Gasteiger partial charge is 0.251 e.